The van der Waals surface area contributed by atoms with Crippen LogP contribution in [-0.4, -0.2) is 37.6 Å². The summed E-state index contributed by atoms with van der Waals surface area (Å²) in [6.45, 7) is 1.28. The van der Waals surface area contributed by atoms with Gasteiger partial charge in [-0.1, -0.05) is 0 Å². The Labute approximate surface area is 111 Å². The summed E-state index contributed by atoms with van der Waals surface area (Å²) < 4.78 is 17.9. The van der Waals surface area contributed by atoms with Crippen molar-refractivity contribution in [2.75, 3.05) is 26.7 Å². The lowest BCUT2D eigenvalue weighted by molar-refractivity contribution is -0.356. The van der Waals surface area contributed by atoms with Crippen molar-refractivity contribution >= 4 is 5.91 Å². The van der Waals surface area contributed by atoms with Gasteiger partial charge in [0.2, 0.25) is 0 Å². The Morgan fingerprint density at radius 2 is 2.37 bits per heavy atom. The first-order valence-corrected chi connectivity index (χ1v) is 6.24. The minimum absolute atomic E-state index is 0.0369. The van der Waals surface area contributed by atoms with Crippen LogP contribution in [0.4, 0.5) is 4.39 Å². The second-order valence-electron chi connectivity index (χ2n) is 4.60. The highest BCUT2D eigenvalue weighted by Gasteiger charge is 2.21. The molecule has 0 radical (unpaired) electrons. The lowest BCUT2D eigenvalue weighted by atomic mass is 9.99. The summed E-state index contributed by atoms with van der Waals surface area (Å²) in [6, 6.07) is 5.37. The molecule has 0 bridgehead atoms. The Bertz CT molecular complexity index is 514. The van der Waals surface area contributed by atoms with Crippen LogP contribution in [0.3, 0.4) is 0 Å². The summed E-state index contributed by atoms with van der Waals surface area (Å²) in [4.78, 5) is 13.6. The number of halogens is 1. The number of nitrogens with zero attached hydrogens (tertiary/aromatic N) is 1. The van der Waals surface area contributed by atoms with Crippen molar-refractivity contribution in [1.82, 2.24) is 4.90 Å². The van der Waals surface area contributed by atoms with Crippen molar-refractivity contribution in [1.29, 1.82) is 0 Å². The van der Waals surface area contributed by atoms with Crippen LogP contribution in [0, 0.1) is 0 Å². The molecule has 3 N–H and O–H groups in total. The zero-order chi connectivity index (χ0) is 13.8. The van der Waals surface area contributed by atoms with Crippen LogP contribution in [0.15, 0.2) is 30.1 Å². The topological polar surface area (TPSA) is 57.2 Å². The second kappa shape index (κ2) is 5.84. The molecule has 4 nitrogen and oxygen atoms in total. The Morgan fingerprint density at radius 1 is 1.58 bits per heavy atom. The fourth-order valence-electron chi connectivity index (χ4n) is 2.00. The van der Waals surface area contributed by atoms with E-state index in [9.17, 15) is 9.18 Å². The number of quaternary nitrogens is 1. The van der Waals surface area contributed by atoms with Crippen molar-refractivity contribution < 1.29 is 19.7 Å². The van der Waals surface area contributed by atoms with E-state index >= 15 is 0 Å². The Morgan fingerprint density at radius 3 is 3.05 bits per heavy atom. The third-order valence-corrected chi connectivity index (χ3v) is 3.27. The van der Waals surface area contributed by atoms with Gasteiger partial charge in [-0.3, -0.25) is 4.79 Å². The quantitative estimate of drug-likeness (QED) is 0.875. The summed E-state index contributed by atoms with van der Waals surface area (Å²) in [6.07, 6.45) is 1.35. The molecule has 2 rings (SSSR count). The molecular formula is C14H18FN2O2+. The second-order valence-corrected chi connectivity index (χ2v) is 4.60. The van der Waals surface area contributed by atoms with Gasteiger partial charge in [0, 0.05) is 24.7 Å². The summed E-state index contributed by atoms with van der Waals surface area (Å²) in [5, 5.41) is 0. The molecule has 0 saturated heterocycles. The van der Waals surface area contributed by atoms with Crippen LogP contribution in [0.2, 0.25) is 0 Å². The summed E-state index contributed by atoms with van der Waals surface area (Å²) in [7, 11) is 1.79. The van der Waals surface area contributed by atoms with Gasteiger partial charge in [0.25, 0.3) is 5.91 Å². The zero-order valence-corrected chi connectivity index (χ0v) is 11.0. The van der Waals surface area contributed by atoms with E-state index in [1.807, 2.05) is 6.07 Å². The smallest absolute Gasteiger partial charge is 0.253 e. The molecule has 102 valence electrons. The van der Waals surface area contributed by atoms with E-state index in [1.54, 1.807) is 24.1 Å². The maximum atomic E-state index is 12.4. The molecule has 1 amide bonds. The zero-order valence-electron chi connectivity index (χ0n) is 11.0. The van der Waals surface area contributed by atoms with Crippen molar-refractivity contribution in [2.24, 2.45) is 0 Å². The third-order valence-electron chi connectivity index (χ3n) is 3.27. The maximum absolute atomic E-state index is 12.4. The van der Waals surface area contributed by atoms with Gasteiger partial charge in [-0.2, -0.15) is 0 Å². The standard InChI is InChI=1S/C14H17FN2O2/c1-17-5-4-11-6-12(2-3-13(11)14(17)18)19-9-10(7-15)8-16/h2-3,6-7H,4-5,8-9,16H2,1H3/p+1. The minimum atomic E-state index is 0.0369. The molecule has 0 fully saturated rings. The van der Waals surface area contributed by atoms with Crippen LogP contribution in [-0.2, 0) is 6.42 Å². The van der Waals surface area contributed by atoms with Crippen LogP contribution < -0.4 is 10.5 Å². The van der Waals surface area contributed by atoms with Crippen molar-refractivity contribution in [3.63, 3.8) is 0 Å². The van der Waals surface area contributed by atoms with Crippen LogP contribution >= 0.6 is 0 Å². The molecule has 1 aliphatic rings. The fourth-order valence-corrected chi connectivity index (χ4v) is 2.00. The molecule has 1 heterocycles. The van der Waals surface area contributed by atoms with Crippen LogP contribution in [0.25, 0.3) is 0 Å². The van der Waals surface area contributed by atoms with Crippen LogP contribution in [0.1, 0.15) is 15.9 Å². The number of benzene rings is 1. The highest BCUT2D eigenvalue weighted by Crippen LogP contribution is 2.23. The first kappa shape index (κ1) is 13.5. The van der Waals surface area contributed by atoms with Gasteiger partial charge in [0.05, 0.1) is 6.33 Å². The molecular weight excluding hydrogens is 247 g/mol. The van der Waals surface area contributed by atoms with Gasteiger partial charge in [-0.05, 0) is 30.2 Å². The van der Waals surface area contributed by atoms with Gasteiger partial charge in [0.1, 0.15) is 18.9 Å². The van der Waals surface area contributed by atoms with E-state index in [0.717, 1.165) is 17.5 Å². The molecule has 1 aliphatic heterocycles. The van der Waals surface area contributed by atoms with Gasteiger partial charge in [-0.15, -0.1) is 0 Å². The van der Waals surface area contributed by atoms with E-state index in [1.165, 1.54) is 0 Å². The maximum Gasteiger partial charge on any atom is 0.253 e. The van der Waals surface area contributed by atoms with E-state index < -0.39 is 0 Å². The molecule has 5 heteroatoms. The first-order valence-electron chi connectivity index (χ1n) is 6.24. The molecule has 0 unspecified atom stereocenters. The highest BCUT2D eigenvalue weighted by molar-refractivity contribution is 5.96. The number of fused-ring (bicyclic) bond motifs is 1. The summed E-state index contributed by atoms with van der Waals surface area (Å²) >= 11 is 0. The number of rotatable bonds is 4. The number of hydrogen-bond donors (Lipinski definition) is 1. The molecule has 0 aliphatic carbocycles. The monoisotopic (exact) mass is 265 g/mol. The average molecular weight is 265 g/mol. The van der Waals surface area contributed by atoms with E-state index in [2.05, 4.69) is 5.73 Å². The number of carbonyl (C=O) groups excluding carboxylic acids is 1. The summed E-state index contributed by atoms with van der Waals surface area (Å²) in [5.41, 5.74) is 5.84. The fraction of sp³-hybridized carbons (Fsp3) is 0.357. The van der Waals surface area contributed by atoms with Gasteiger partial charge in [-0.25, -0.2) is 4.39 Å². The normalized spacial score (nSPS) is 15.4. The molecule has 0 spiro atoms. The highest BCUT2D eigenvalue weighted by atomic mass is 19.1. The molecule has 1 aromatic rings. The number of likely N-dealkylation sites (N-methyl/N-ethyl adjacent to an activating group) is 1. The minimum Gasteiger partial charge on any atom is -0.489 e. The molecule has 0 atom stereocenters. The Hall–Kier alpha value is -1.88. The lowest BCUT2D eigenvalue weighted by Gasteiger charge is -2.25. The van der Waals surface area contributed by atoms with Crippen molar-refractivity contribution in [2.45, 2.75) is 6.42 Å². The summed E-state index contributed by atoms with van der Waals surface area (Å²) in [5.74, 6) is 0.693. The largest absolute Gasteiger partial charge is 0.489 e. The van der Waals surface area contributed by atoms with Crippen molar-refractivity contribution in [3.05, 3.63) is 41.2 Å². The Balaban J connectivity index is 2.12. The van der Waals surface area contributed by atoms with Gasteiger partial charge in [0.15, 0.2) is 0 Å². The predicted molar refractivity (Wildman–Crippen MR) is 69.5 cm³/mol. The van der Waals surface area contributed by atoms with E-state index in [-0.39, 0.29) is 12.5 Å². The average Bonchev–Trinajstić information content (AvgIpc) is 2.44. The van der Waals surface area contributed by atoms with Gasteiger partial charge < -0.3 is 15.4 Å². The Kier molecular flexibility index (Phi) is 4.16. The van der Waals surface area contributed by atoms with Gasteiger partial charge >= 0.3 is 0 Å². The predicted octanol–water partition coefficient (Wildman–Crippen LogP) is 0.789. The first-order chi connectivity index (χ1) is 9.15. The number of ether oxygens (including phenoxy) is 1. The van der Waals surface area contributed by atoms with Crippen molar-refractivity contribution in [3.8, 4) is 5.75 Å². The number of carbonyl (C=O) groups is 1. The lowest BCUT2D eigenvalue weighted by Crippen LogP contribution is -2.51. The molecule has 0 saturated carbocycles. The number of amides is 1. The third kappa shape index (κ3) is 2.93. The number of hydrogen-bond acceptors (Lipinski definition) is 2. The molecule has 0 aromatic heterocycles. The molecule has 1 aromatic carbocycles. The van der Waals surface area contributed by atoms with E-state index in [4.69, 9.17) is 4.74 Å². The molecule has 19 heavy (non-hydrogen) atoms. The van der Waals surface area contributed by atoms with Crippen LogP contribution in [0.5, 0.6) is 5.75 Å². The SMILES string of the molecule is CN1CCc2cc(OCC(=CF)C[NH3+])ccc2C1=O. The van der Waals surface area contributed by atoms with E-state index in [0.29, 0.717) is 30.7 Å².